The first-order valence-electron chi connectivity index (χ1n) is 6.68. The van der Waals surface area contributed by atoms with Gasteiger partial charge in [-0.15, -0.1) is 0 Å². The lowest BCUT2D eigenvalue weighted by molar-refractivity contribution is 0.185. The van der Waals surface area contributed by atoms with E-state index in [0.29, 0.717) is 0 Å². The summed E-state index contributed by atoms with van der Waals surface area (Å²) in [6.07, 6.45) is 0.973. The zero-order valence-electron chi connectivity index (χ0n) is 11.4. The second-order valence-corrected chi connectivity index (χ2v) is 4.97. The summed E-state index contributed by atoms with van der Waals surface area (Å²) in [7, 11) is 2.10. The highest BCUT2D eigenvalue weighted by Gasteiger charge is 2.19. The van der Waals surface area contributed by atoms with Crippen molar-refractivity contribution in [2.45, 2.75) is 20.2 Å². The second-order valence-electron chi connectivity index (χ2n) is 4.97. The van der Waals surface area contributed by atoms with Crippen molar-refractivity contribution in [2.24, 2.45) is 0 Å². The average Bonchev–Trinajstić information content (AvgIpc) is 2.93. The molecule has 1 aliphatic heterocycles. The lowest BCUT2D eigenvalue weighted by Crippen LogP contribution is -2.20. The van der Waals surface area contributed by atoms with Gasteiger partial charge in [-0.1, -0.05) is 35.9 Å². The van der Waals surface area contributed by atoms with Gasteiger partial charge in [0.2, 0.25) is 0 Å². The van der Waals surface area contributed by atoms with Gasteiger partial charge in [0.1, 0.15) is 0 Å². The summed E-state index contributed by atoms with van der Waals surface area (Å²) in [5.74, 6) is 0. The highest BCUT2D eigenvalue weighted by Crippen LogP contribution is 2.34. The summed E-state index contributed by atoms with van der Waals surface area (Å²) in [6, 6.07) is 15.0. The third kappa shape index (κ3) is 2.38. The van der Waals surface area contributed by atoms with Gasteiger partial charge in [0.05, 0.1) is 12.3 Å². The molecule has 3 heteroatoms. The van der Waals surface area contributed by atoms with E-state index in [1.54, 1.807) is 0 Å². The van der Waals surface area contributed by atoms with E-state index < -0.39 is 0 Å². The Labute approximate surface area is 115 Å². The van der Waals surface area contributed by atoms with Gasteiger partial charge in [-0.3, -0.25) is 4.84 Å². The molecule has 0 bridgehead atoms. The van der Waals surface area contributed by atoms with E-state index in [9.17, 15) is 0 Å². The molecule has 3 rings (SSSR count). The zero-order valence-corrected chi connectivity index (χ0v) is 11.4. The first kappa shape index (κ1) is 12.3. The number of aryl methyl sites for hydroxylation is 2. The van der Waals surface area contributed by atoms with Crippen LogP contribution in [0.3, 0.4) is 0 Å². The topological polar surface area (TPSA) is 12.5 Å². The number of benzene rings is 2. The summed E-state index contributed by atoms with van der Waals surface area (Å²) in [5, 5.41) is 0. The van der Waals surface area contributed by atoms with Crippen LogP contribution in [0.15, 0.2) is 42.5 Å². The molecule has 19 heavy (non-hydrogen) atoms. The molecule has 1 heterocycles. The van der Waals surface area contributed by atoms with Gasteiger partial charge in [-0.2, -0.15) is 0 Å². The Morgan fingerprint density at radius 1 is 1.05 bits per heavy atom. The van der Waals surface area contributed by atoms with Crippen molar-refractivity contribution in [2.75, 3.05) is 11.6 Å². The summed E-state index contributed by atoms with van der Waals surface area (Å²) in [5.41, 5.74) is 6.17. The van der Waals surface area contributed by atoms with Crippen LogP contribution >= 0.6 is 0 Å². The van der Waals surface area contributed by atoms with Crippen LogP contribution in [0.4, 0.5) is 5.69 Å². The summed E-state index contributed by atoms with van der Waals surface area (Å²) < 4.78 is 0. The van der Waals surface area contributed by atoms with Gasteiger partial charge < -0.3 is 4.97 Å². The number of rotatable bonds is 2. The molecule has 0 atom stereocenters. The molecule has 0 aliphatic carbocycles. The lowest BCUT2D eigenvalue weighted by atomic mass is 9.88. The quantitative estimate of drug-likeness (QED) is 0.752. The predicted octanol–water partition coefficient (Wildman–Crippen LogP) is 3.76. The fourth-order valence-electron chi connectivity index (χ4n) is 2.47. The molecule has 0 N–H and O–H groups in total. The van der Waals surface area contributed by atoms with E-state index in [2.05, 4.69) is 63.7 Å². The third-order valence-electron chi connectivity index (χ3n) is 3.47. The zero-order chi connectivity index (χ0) is 13.2. The van der Waals surface area contributed by atoms with E-state index >= 15 is 0 Å². The molecular weight excluding hydrogens is 233 g/mol. The van der Waals surface area contributed by atoms with Crippen molar-refractivity contribution >= 4 is 13.1 Å². The van der Waals surface area contributed by atoms with Crippen LogP contribution in [-0.4, -0.2) is 14.0 Å². The van der Waals surface area contributed by atoms with Crippen LogP contribution in [-0.2, 0) is 4.84 Å². The van der Waals surface area contributed by atoms with Crippen LogP contribution in [0.25, 0.3) is 11.1 Å². The van der Waals surface area contributed by atoms with Crippen LogP contribution in [0.1, 0.15) is 11.1 Å². The molecule has 1 radical (unpaired) electrons. The van der Waals surface area contributed by atoms with Crippen molar-refractivity contribution in [3.8, 4) is 11.1 Å². The third-order valence-corrected chi connectivity index (χ3v) is 3.47. The van der Waals surface area contributed by atoms with E-state index in [1.807, 2.05) is 4.97 Å². The van der Waals surface area contributed by atoms with E-state index in [4.69, 9.17) is 4.84 Å². The van der Waals surface area contributed by atoms with Crippen LogP contribution in [0.2, 0.25) is 6.32 Å². The molecule has 2 nitrogen and oxygen atoms in total. The SMILES string of the molecule is Cc1ccc(N2[B]CCO2)c(-c2ccccc2C)c1. The molecule has 0 amide bonds. The first-order chi connectivity index (χ1) is 9.25. The standard InChI is InChI=1S/C16H17BNO/c1-12-7-8-16(18-17-9-10-19-18)15(11-12)14-6-4-3-5-13(14)2/h3-8,11H,9-10H2,1-2H3. The Hall–Kier alpha value is -1.74. The van der Waals surface area contributed by atoms with Gasteiger partial charge in [0.25, 0.3) is 7.41 Å². The molecule has 1 fully saturated rings. The maximum Gasteiger partial charge on any atom is 0.288 e. The highest BCUT2D eigenvalue weighted by molar-refractivity contribution is 6.41. The number of nitrogens with zero attached hydrogens (tertiary/aromatic N) is 1. The van der Waals surface area contributed by atoms with E-state index in [0.717, 1.165) is 18.6 Å². The minimum Gasteiger partial charge on any atom is -0.306 e. The lowest BCUT2D eigenvalue weighted by Gasteiger charge is -2.22. The van der Waals surface area contributed by atoms with Crippen LogP contribution < -0.4 is 4.97 Å². The molecule has 0 unspecified atom stereocenters. The van der Waals surface area contributed by atoms with Gasteiger partial charge >= 0.3 is 0 Å². The van der Waals surface area contributed by atoms with Crippen molar-refractivity contribution in [1.29, 1.82) is 0 Å². The smallest absolute Gasteiger partial charge is 0.288 e. The maximum atomic E-state index is 5.66. The maximum absolute atomic E-state index is 5.66. The molecule has 0 saturated carbocycles. The van der Waals surface area contributed by atoms with Gasteiger partial charge in [-0.25, -0.2) is 0 Å². The van der Waals surface area contributed by atoms with Gasteiger partial charge in [0.15, 0.2) is 0 Å². The predicted molar refractivity (Wildman–Crippen MR) is 80.3 cm³/mol. The van der Waals surface area contributed by atoms with Gasteiger partial charge in [0, 0.05) is 5.56 Å². The molecule has 1 aliphatic rings. The fraction of sp³-hybridized carbons (Fsp3) is 0.250. The number of hydrogen-bond donors (Lipinski definition) is 0. The number of anilines is 1. The Kier molecular flexibility index (Phi) is 3.30. The normalized spacial score (nSPS) is 14.5. The summed E-state index contributed by atoms with van der Waals surface area (Å²) >= 11 is 0. The molecule has 2 aromatic rings. The number of hydrogen-bond acceptors (Lipinski definition) is 2. The van der Waals surface area contributed by atoms with Gasteiger partial charge in [-0.05, 0) is 43.4 Å². The molecule has 0 spiro atoms. The summed E-state index contributed by atoms with van der Waals surface area (Å²) in [4.78, 5) is 7.56. The minimum absolute atomic E-state index is 0.765. The van der Waals surface area contributed by atoms with Crippen molar-refractivity contribution < 1.29 is 4.84 Å². The van der Waals surface area contributed by atoms with Crippen LogP contribution in [0, 0.1) is 13.8 Å². The first-order valence-corrected chi connectivity index (χ1v) is 6.68. The Bertz CT molecular complexity index is 591. The molecule has 1 saturated heterocycles. The Morgan fingerprint density at radius 2 is 1.89 bits per heavy atom. The summed E-state index contributed by atoms with van der Waals surface area (Å²) in [6.45, 7) is 5.04. The van der Waals surface area contributed by atoms with Crippen molar-refractivity contribution in [3.05, 3.63) is 53.6 Å². The van der Waals surface area contributed by atoms with E-state index in [-0.39, 0.29) is 0 Å². The molecule has 2 aromatic carbocycles. The Morgan fingerprint density at radius 3 is 2.63 bits per heavy atom. The molecule has 0 aromatic heterocycles. The van der Waals surface area contributed by atoms with Crippen molar-refractivity contribution in [1.82, 2.24) is 0 Å². The largest absolute Gasteiger partial charge is 0.306 e. The van der Waals surface area contributed by atoms with E-state index in [1.165, 1.54) is 22.3 Å². The molecular formula is C16H17BNO. The molecule has 95 valence electrons. The van der Waals surface area contributed by atoms with Crippen molar-refractivity contribution in [3.63, 3.8) is 0 Å². The Balaban J connectivity index is 2.13. The average molecular weight is 250 g/mol. The second kappa shape index (κ2) is 5.10. The highest BCUT2D eigenvalue weighted by atomic mass is 16.7. The monoisotopic (exact) mass is 250 g/mol. The fourth-order valence-corrected chi connectivity index (χ4v) is 2.47. The van der Waals surface area contributed by atoms with Crippen LogP contribution in [0.5, 0.6) is 0 Å². The minimum atomic E-state index is 0.765.